The van der Waals surface area contributed by atoms with Crippen molar-refractivity contribution in [3.63, 3.8) is 0 Å². The number of nitrogens with one attached hydrogen (secondary N) is 1. The molecule has 3 aromatic carbocycles. The molecule has 0 unspecified atom stereocenters. The van der Waals surface area contributed by atoms with E-state index in [0.717, 1.165) is 16.7 Å². The van der Waals surface area contributed by atoms with Gasteiger partial charge in [0.1, 0.15) is 11.5 Å². The van der Waals surface area contributed by atoms with Crippen molar-refractivity contribution in [2.24, 2.45) is 0 Å². The van der Waals surface area contributed by atoms with E-state index >= 15 is 0 Å². The largest absolute Gasteiger partial charge is 0.350 e. The smallest absolute Gasteiger partial charge is 0.282 e. The second-order valence-electron chi connectivity index (χ2n) is 7.47. The summed E-state index contributed by atoms with van der Waals surface area (Å²) in [7, 11) is 0. The van der Waals surface area contributed by atoms with Gasteiger partial charge in [0.05, 0.1) is 11.3 Å². The van der Waals surface area contributed by atoms with Crippen LogP contribution in [0.25, 0.3) is 5.57 Å². The summed E-state index contributed by atoms with van der Waals surface area (Å²) >= 11 is 0. The van der Waals surface area contributed by atoms with Crippen LogP contribution in [0.15, 0.2) is 72.4 Å². The highest BCUT2D eigenvalue weighted by Gasteiger charge is 2.40. The maximum Gasteiger partial charge on any atom is 0.282 e. The molecule has 0 saturated carbocycles. The third-order valence-electron chi connectivity index (χ3n) is 5.25. The standard InChI is InChI=1S/C25H21FN2O2/c1-15-5-4-6-20(13-15)27-23-22(18-8-10-19(26)11-9-18)24(29)28(25(23)30)21-12-7-16(2)17(3)14-21/h4-14,27H,1-3H3. The summed E-state index contributed by atoms with van der Waals surface area (Å²) in [4.78, 5) is 27.9. The molecule has 4 rings (SSSR count). The van der Waals surface area contributed by atoms with E-state index in [1.807, 2.05) is 57.2 Å². The molecule has 0 radical (unpaired) electrons. The number of aryl methyl sites for hydroxylation is 3. The van der Waals surface area contributed by atoms with Crippen LogP contribution in [0.1, 0.15) is 22.3 Å². The second kappa shape index (κ2) is 7.59. The highest BCUT2D eigenvalue weighted by Crippen LogP contribution is 2.34. The molecule has 1 heterocycles. The highest BCUT2D eigenvalue weighted by molar-refractivity contribution is 6.46. The molecular formula is C25H21FN2O2. The molecule has 0 saturated heterocycles. The fourth-order valence-corrected chi connectivity index (χ4v) is 3.50. The Morgan fingerprint density at radius 3 is 2.20 bits per heavy atom. The number of halogens is 1. The molecule has 2 amide bonds. The van der Waals surface area contributed by atoms with Gasteiger partial charge in [-0.25, -0.2) is 9.29 Å². The molecule has 5 heteroatoms. The van der Waals surface area contributed by atoms with E-state index in [9.17, 15) is 14.0 Å². The molecule has 0 aliphatic carbocycles. The minimum atomic E-state index is -0.441. The minimum absolute atomic E-state index is 0.176. The Morgan fingerprint density at radius 1 is 0.800 bits per heavy atom. The number of carbonyl (C=O) groups excluding carboxylic acids is 2. The van der Waals surface area contributed by atoms with Crippen molar-refractivity contribution in [2.75, 3.05) is 10.2 Å². The molecule has 150 valence electrons. The van der Waals surface area contributed by atoms with Crippen LogP contribution in [-0.2, 0) is 9.59 Å². The monoisotopic (exact) mass is 400 g/mol. The lowest BCUT2D eigenvalue weighted by molar-refractivity contribution is -0.120. The van der Waals surface area contributed by atoms with Gasteiger partial charge in [-0.2, -0.15) is 0 Å². The number of amides is 2. The van der Waals surface area contributed by atoms with Gasteiger partial charge in [-0.15, -0.1) is 0 Å². The van der Waals surface area contributed by atoms with Crippen molar-refractivity contribution in [3.8, 4) is 0 Å². The lowest BCUT2D eigenvalue weighted by atomic mass is 10.0. The van der Waals surface area contributed by atoms with Gasteiger partial charge in [0.25, 0.3) is 11.8 Å². The molecule has 1 aliphatic rings. The molecule has 30 heavy (non-hydrogen) atoms. The predicted molar refractivity (Wildman–Crippen MR) is 117 cm³/mol. The molecule has 0 atom stereocenters. The van der Waals surface area contributed by atoms with E-state index in [-0.39, 0.29) is 11.3 Å². The zero-order valence-corrected chi connectivity index (χ0v) is 17.0. The summed E-state index contributed by atoms with van der Waals surface area (Å²) in [5.74, 6) is -1.29. The fraction of sp³-hybridized carbons (Fsp3) is 0.120. The molecule has 0 spiro atoms. The van der Waals surface area contributed by atoms with Crippen LogP contribution < -0.4 is 10.2 Å². The van der Waals surface area contributed by atoms with Gasteiger partial charge in [0.15, 0.2) is 0 Å². The van der Waals surface area contributed by atoms with Gasteiger partial charge in [0, 0.05) is 5.69 Å². The number of benzene rings is 3. The number of carbonyl (C=O) groups is 2. The lowest BCUT2D eigenvalue weighted by Crippen LogP contribution is -2.32. The van der Waals surface area contributed by atoms with Crippen LogP contribution in [-0.4, -0.2) is 11.8 Å². The highest BCUT2D eigenvalue weighted by atomic mass is 19.1. The van der Waals surface area contributed by atoms with Crippen molar-refractivity contribution in [3.05, 3.63) is 100 Å². The van der Waals surface area contributed by atoms with E-state index in [1.165, 1.54) is 29.2 Å². The molecule has 1 aliphatic heterocycles. The van der Waals surface area contributed by atoms with E-state index in [4.69, 9.17) is 0 Å². The number of hydrogen-bond acceptors (Lipinski definition) is 3. The fourth-order valence-electron chi connectivity index (χ4n) is 3.50. The Balaban J connectivity index is 1.83. The number of rotatable bonds is 4. The maximum absolute atomic E-state index is 13.5. The zero-order valence-electron chi connectivity index (χ0n) is 17.0. The molecule has 1 N–H and O–H groups in total. The van der Waals surface area contributed by atoms with Crippen molar-refractivity contribution in [1.82, 2.24) is 0 Å². The van der Waals surface area contributed by atoms with Gasteiger partial charge in [-0.3, -0.25) is 9.59 Å². The maximum atomic E-state index is 13.5. The van der Waals surface area contributed by atoms with Gasteiger partial charge >= 0.3 is 0 Å². The third kappa shape index (κ3) is 3.50. The van der Waals surface area contributed by atoms with E-state index in [2.05, 4.69) is 5.32 Å². The molecule has 0 aromatic heterocycles. The van der Waals surface area contributed by atoms with E-state index in [0.29, 0.717) is 16.9 Å². The van der Waals surface area contributed by atoms with Crippen LogP contribution >= 0.6 is 0 Å². The van der Waals surface area contributed by atoms with Crippen molar-refractivity contribution in [1.29, 1.82) is 0 Å². The quantitative estimate of drug-likeness (QED) is 0.617. The number of anilines is 2. The number of hydrogen-bond donors (Lipinski definition) is 1. The summed E-state index contributed by atoms with van der Waals surface area (Å²) in [6.07, 6.45) is 0. The summed E-state index contributed by atoms with van der Waals surface area (Å²) < 4.78 is 13.5. The van der Waals surface area contributed by atoms with Crippen molar-refractivity contribution >= 4 is 28.8 Å². The molecular weight excluding hydrogens is 379 g/mol. The molecule has 4 nitrogen and oxygen atoms in total. The summed E-state index contributed by atoms with van der Waals surface area (Å²) in [6, 6.07) is 18.6. The first kappa shape index (κ1) is 19.6. The van der Waals surface area contributed by atoms with Crippen molar-refractivity contribution < 1.29 is 14.0 Å². The Bertz CT molecular complexity index is 1200. The van der Waals surface area contributed by atoms with Gasteiger partial charge in [0.2, 0.25) is 0 Å². The van der Waals surface area contributed by atoms with Crippen LogP contribution in [0.5, 0.6) is 0 Å². The number of imide groups is 1. The first-order chi connectivity index (χ1) is 14.3. The van der Waals surface area contributed by atoms with Crippen molar-refractivity contribution in [2.45, 2.75) is 20.8 Å². The Kier molecular flexibility index (Phi) is 4.96. The topological polar surface area (TPSA) is 49.4 Å². The molecule has 0 bridgehead atoms. The summed E-state index contributed by atoms with van der Waals surface area (Å²) in [6.45, 7) is 5.85. The third-order valence-corrected chi connectivity index (χ3v) is 5.25. The Morgan fingerprint density at radius 2 is 1.53 bits per heavy atom. The van der Waals surface area contributed by atoms with Crippen LogP contribution in [0.4, 0.5) is 15.8 Å². The first-order valence-electron chi connectivity index (χ1n) is 9.65. The Hall–Kier alpha value is -3.73. The minimum Gasteiger partial charge on any atom is -0.350 e. The summed E-state index contributed by atoms with van der Waals surface area (Å²) in [5.41, 5.74) is 5.17. The van der Waals surface area contributed by atoms with Gasteiger partial charge < -0.3 is 5.32 Å². The average Bonchev–Trinajstić information content (AvgIpc) is 2.95. The van der Waals surface area contributed by atoms with Crippen LogP contribution in [0, 0.1) is 26.6 Å². The van der Waals surface area contributed by atoms with E-state index in [1.54, 1.807) is 6.07 Å². The molecule has 0 fully saturated rings. The lowest BCUT2D eigenvalue weighted by Gasteiger charge is -2.17. The van der Waals surface area contributed by atoms with Gasteiger partial charge in [-0.05, 0) is 79.4 Å². The normalized spacial score (nSPS) is 13.9. The van der Waals surface area contributed by atoms with Crippen LogP contribution in [0.3, 0.4) is 0 Å². The van der Waals surface area contributed by atoms with E-state index < -0.39 is 17.6 Å². The second-order valence-corrected chi connectivity index (χ2v) is 7.47. The zero-order chi connectivity index (χ0) is 21.4. The summed E-state index contributed by atoms with van der Waals surface area (Å²) in [5, 5.41) is 3.12. The van der Waals surface area contributed by atoms with Crippen LogP contribution in [0.2, 0.25) is 0 Å². The Labute approximate surface area is 174 Å². The predicted octanol–water partition coefficient (Wildman–Crippen LogP) is 5.15. The SMILES string of the molecule is Cc1cccc(NC2=C(c3ccc(F)cc3)C(=O)N(c3ccc(C)c(C)c3)C2=O)c1. The number of nitrogens with zero attached hydrogens (tertiary/aromatic N) is 1. The first-order valence-corrected chi connectivity index (χ1v) is 9.65. The van der Waals surface area contributed by atoms with Gasteiger partial charge in [-0.1, -0.05) is 30.3 Å². The average molecular weight is 400 g/mol. The molecule has 3 aromatic rings.